The summed E-state index contributed by atoms with van der Waals surface area (Å²) in [7, 11) is 3.46. The van der Waals surface area contributed by atoms with Crippen LogP contribution in [-0.4, -0.2) is 56.0 Å². The van der Waals surface area contributed by atoms with Crippen LogP contribution in [0, 0.1) is 11.8 Å². The van der Waals surface area contributed by atoms with Crippen molar-refractivity contribution in [2.75, 3.05) is 20.2 Å². The summed E-state index contributed by atoms with van der Waals surface area (Å²) in [6.45, 7) is 1.86. The van der Waals surface area contributed by atoms with Crippen molar-refractivity contribution >= 4 is 5.91 Å². The van der Waals surface area contributed by atoms with E-state index < -0.39 is 0 Å². The molecule has 3 heterocycles. The van der Waals surface area contributed by atoms with Gasteiger partial charge in [0.25, 0.3) is 5.91 Å². The van der Waals surface area contributed by atoms with Gasteiger partial charge in [0.2, 0.25) is 0 Å². The molecule has 2 aliphatic rings. The van der Waals surface area contributed by atoms with Crippen molar-refractivity contribution in [2.24, 2.45) is 18.9 Å². The van der Waals surface area contributed by atoms with Crippen molar-refractivity contribution in [1.29, 1.82) is 0 Å². The Bertz CT molecular complexity index is 735. The topological polar surface area (TPSA) is 88.9 Å². The number of H-pyrrole nitrogens is 1. The lowest BCUT2D eigenvalue weighted by Crippen LogP contribution is -2.28. The van der Waals surface area contributed by atoms with Gasteiger partial charge in [-0.3, -0.25) is 14.6 Å². The molecule has 1 N–H and O–H groups in total. The summed E-state index contributed by atoms with van der Waals surface area (Å²) in [5.41, 5.74) is 0.641. The summed E-state index contributed by atoms with van der Waals surface area (Å²) in [5.74, 6) is 2.91. The van der Waals surface area contributed by atoms with Crippen LogP contribution in [0.4, 0.5) is 0 Å². The fourth-order valence-corrected chi connectivity index (χ4v) is 3.66. The highest BCUT2D eigenvalue weighted by Crippen LogP contribution is 2.47. The molecule has 8 heteroatoms. The predicted molar refractivity (Wildman–Crippen MR) is 85.2 cm³/mol. The Kier molecular flexibility index (Phi) is 3.84. The van der Waals surface area contributed by atoms with Gasteiger partial charge >= 0.3 is 0 Å². The second-order valence-corrected chi connectivity index (χ2v) is 6.79. The molecule has 2 aromatic heterocycles. The van der Waals surface area contributed by atoms with Gasteiger partial charge in [-0.25, -0.2) is 4.98 Å². The molecule has 2 aromatic rings. The minimum Gasteiger partial charge on any atom is -0.377 e. The van der Waals surface area contributed by atoms with E-state index in [9.17, 15) is 4.79 Å². The molecule has 0 aromatic carbocycles. The van der Waals surface area contributed by atoms with E-state index in [0.29, 0.717) is 30.6 Å². The number of methoxy groups -OCH3 is 1. The maximum absolute atomic E-state index is 12.7. The fourth-order valence-electron chi connectivity index (χ4n) is 3.66. The lowest BCUT2D eigenvalue weighted by atomic mass is 9.91. The molecule has 1 saturated carbocycles. The Morgan fingerprint density at radius 2 is 2.25 bits per heavy atom. The monoisotopic (exact) mass is 330 g/mol. The van der Waals surface area contributed by atoms with E-state index in [1.54, 1.807) is 24.2 Å². The normalized spacial score (nSPS) is 23.8. The minimum absolute atomic E-state index is 0.0453. The molecule has 8 nitrogen and oxygen atoms in total. The lowest BCUT2D eigenvalue weighted by molar-refractivity contribution is 0.0784. The molecule has 1 saturated heterocycles. The zero-order chi connectivity index (χ0) is 16.7. The molecular weight excluding hydrogens is 308 g/mol. The largest absolute Gasteiger partial charge is 0.377 e. The number of likely N-dealkylation sites (tertiary alicyclic amines) is 1. The number of nitrogens with zero attached hydrogens (tertiary/aromatic N) is 5. The summed E-state index contributed by atoms with van der Waals surface area (Å²) >= 11 is 0. The molecule has 2 fully saturated rings. The average Bonchev–Trinajstić information content (AvgIpc) is 2.99. The first-order valence-electron chi connectivity index (χ1n) is 8.33. The van der Waals surface area contributed by atoms with Crippen LogP contribution < -0.4 is 0 Å². The maximum Gasteiger partial charge on any atom is 0.257 e. The first-order chi connectivity index (χ1) is 11.7. The Labute approximate surface area is 140 Å². The molecule has 2 atom stereocenters. The van der Waals surface area contributed by atoms with E-state index in [-0.39, 0.29) is 11.8 Å². The predicted octanol–water partition coefficient (Wildman–Crippen LogP) is 0.950. The SMILES string of the molecule is COCc1nc([C@H]2CN(C(=O)c3cnn(C)c3)C[C@@H]2C2CC2)n[nH]1. The van der Waals surface area contributed by atoms with Gasteiger partial charge in [-0.2, -0.15) is 10.2 Å². The quantitative estimate of drug-likeness (QED) is 0.882. The number of hydrogen-bond donors (Lipinski definition) is 1. The number of hydrogen-bond acceptors (Lipinski definition) is 5. The van der Waals surface area contributed by atoms with Crippen molar-refractivity contribution in [3.05, 3.63) is 29.6 Å². The van der Waals surface area contributed by atoms with Crippen LogP contribution in [0.15, 0.2) is 12.4 Å². The molecule has 0 spiro atoms. The lowest BCUT2D eigenvalue weighted by Gasteiger charge is -2.15. The van der Waals surface area contributed by atoms with Crippen LogP contribution >= 0.6 is 0 Å². The van der Waals surface area contributed by atoms with Gasteiger partial charge in [-0.05, 0) is 24.7 Å². The van der Waals surface area contributed by atoms with Crippen molar-refractivity contribution in [2.45, 2.75) is 25.4 Å². The van der Waals surface area contributed by atoms with Gasteiger partial charge in [0, 0.05) is 39.4 Å². The Balaban J connectivity index is 1.54. The number of carbonyl (C=O) groups excluding carboxylic acids is 1. The smallest absolute Gasteiger partial charge is 0.257 e. The number of aromatic nitrogens is 5. The van der Waals surface area contributed by atoms with Crippen molar-refractivity contribution in [3.63, 3.8) is 0 Å². The molecule has 24 heavy (non-hydrogen) atoms. The number of rotatable bonds is 5. The molecule has 0 bridgehead atoms. The first-order valence-corrected chi connectivity index (χ1v) is 8.33. The van der Waals surface area contributed by atoms with Crippen LogP contribution in [-0.2, 0) is 18.4 Å². The van der Waals surface area contributed by atoms with Crippen molar-refractivity contribution in [1.82, 2.24) is 29.9 Å². The summed E-state index contributed by atoms with van der Waals surface area (Å²) in [4.78, 5) is 19.2. The van der Waals surface area contributed by atoms with Gasteiger partial charge < -0.3 is 9.64 Å². The number of aryl methyl sites for hydroxylation is 1. The number of amides is 1. The first kappa shape index (κ1) is 15.3. The molecule has 128 valence electrons. The second kappa shape index (κ2) is 6.01. The van der Waals surface area contributed by atoms with Gasteiger partial charge in [0.1, 0.15) is 6.61 Å². The highest BCUT2D eigenvalue weighted by atomic mass is 16.5. The van der Waals surface area contributed by atoms with Gasteiger partial charge in [-0.1, -0.05) is 0 Å². The third kappa shape index (κ3) is 2.82. The standard InChI is InChI=1S/C16H22N6O2/c1-21-6-11(5-17-21)16(23)22-7-12(10-3-4-10)13(8-22)15-18-14(9-24-2)19-20-15/h5-6,10,12-13H,3-4,7-9H2,1-2H3,(H,18,19,20)/t12-,13+/m1/s1. The molecule has 1 aliphatic carbocycles. The average molecular weight is 330 g/mol. The van der Waals surface area contributed by atoms with Crippen LogP contribution in [0.5, 0.6) is 0 Å². The fraction of sp³-hybridized carbons (Fsp3) is 0.625. The molecule has 1 amide bonds. The molecule has 4 rings (SSSR count). The van der Waals surface area contributed by atoms with Crippen LogP contribution in [0.3, 0.4) is 0 Å². The third-order valence-electron chi connectivity index (χ3n) is 4.99. The van der Waals surface area contributed by atoms with Crippen molar-refractivity contribution < 1.29 is 9.53 Å². The minimum atomic E-state index is 0.0453. The Hall–Kier alpha value is -2.22. The van der Waals surface area contributed by atoms with Crippen LogP contribution in [0.1, 0.15) is 40.8 Å². The van der Waals surface area contributed by atoms with Gasteiger partial charge in [0.15, 0.2) is 11.6 Å². The maximum atomic E-state index is 12.7. The zero-order valence-electron chi connectivity index (χ0n) is 14.0. The highest BCUT2D eigenvalue weighted by molar-refractivity contribution is 5.94. The van der Waals surface area contributed by atoms with E-state index in [4.69, 9.17) is 4.74 Å². The van der Waals surface area contributed by atoms with E-state index >= 15 is 0 Å². The number of carbonyl (C=O) groups is 1. The van der Waals surface area contributed by atoms with Crippen LogP contribution in [0.25, 0.3) is 0 Å². The molecular formula is C16H22N6O2. The Morgan fingerprint density at radius 1 is 1.42 bits per heavy atom. The van der Waals surface area contributed by atoms with E-state index in [2.05, 4.69) is 20.3 Å². The summed E-state index contributed by atoms with van der Waals surface area (Å²) < 4.78 is 6.76. The summed E-state index contributed by atoms with van der Waals surface area (Å²) in [6.07, 6.45) is 5.88. The van der Waals surface area contributed by atoms with Crippen LogP contribution in [0.2, 0.25) is 0 Å². The number of aromatic amines is 1. The number of nitrogens with one attached hydrogen (secondary N) is 1. The third-order valence-corrected chi connectivity index (χ3v) is 4.99. The van der Waals surface area contributed by atoms with Crippen molar-refractivity contribution in [3.8, 4) is 0 Å². The van der Waals surface area contributed by atoms with E-state index in [1.807, 2.05) is 11.9 Å². The van der Waals surface area contributed by atoms with E-state index in [1.165, 1.54) is 12.8 Å². The zero-order valence-corrected chi connectivity index (χ0v) is 14.0. The van der Waals surface area contributed by atoms with E-state index in [0.717, 1.165) is 18.2 Å². The van der Waals surface area contributed by atoms with Gasteiger partial charge in [0.05, 0.1) is 11.8 Å². The second-order valence-electron chi connectivity index (χ2n) is 6.79. The molecule has 0 unspecified atom stereocenters. The highest BCUT2D eigenvalue weighted by Gasteiger charge is 2.46. The summed E-state index contributed by atoms with van der Waals surface area (Å²) in [6, 6.07) is 0. The number of ether oxygens (including phenoxy) is 1. The molecule has 1 aliphatic heterocycles. The Morgan fingerprint density at radius 3 is 2.92 bits per heavy atom. The van der Waals surface area contributed by atoms with Gasteiger partial charge in [-0.15, -0.1) is 0 Å². The molecule has 0 radical (unpaired) electrons. The summed E-state index contributed by atoms with van der Waals surface area (Å²) in [5, 5.41) is 11.4.